The van der Waals surface area contributed by atoms with Crippen molar-refractivity contribution in [2.75, 3.05) is 44.3 Å². The van der Waals surface area contributed by atoms with Crippen LogP contribution in [0.1, 0.15) is 43.1 Å². The van der Waals surface area contributed by atoms with E-state index in [2.05, 4.69) is 30.7 Å². The van der Waals surface area contributed by atoms with Crippen molar-refractivity contribution in [2.24, 2.45) is 0 Å². The van der Waals surface area contributed by atoms with Gasteiger partial charge in [-0.05, 0) is 41.7 Å². The molecule has 1 saturated heterocycles. The molecule has 5 nitrogen and oxygen atoms in total. The minimum absolute atomic E-state index is 0. The van der Waals surface area contributed by atoms with Crippen molar-refractivity contribution >= 4 is 45.0 Å². The fourth-order valence-electron chi connectivity index (χ4n) is 3.85. The SMILES string of the molecule is CC(C)(C)c1ccc(C(=O)N(CCCN2CCOCC2)c2nc3c(F)cccc3s2)cc1.Cl. The lowest BCUT2D eigenvalue weighted by Crippen LogP contribution is -2.39. The van der Waals surface area contributed by atoms with Gasteiger partial charge < -0.3 is 4.74 Å². The molecule has 0 unspecified atom stereocenters. The third kappa shape index (κ3) is 6.09. The quantitative estimate of drug-likeness (QED) is 0.455. The number of para-hydroxylation sites is 1. The normalized spacial score (nSPS) is 14.8. The molecular weight excluding hydrogens is 461 g/mol. The summed E-state index contributed by atoms with van der Waals surface area (Å²) in [7, 11) is 0. The van der Waals surface area contributed by atoms with Crippen LogP contribution in [0.5, 0.6) is 0 Å². The highest BCUT2D eigenvalue weighted by molar-refractivity contribution is 7.22. The summed E-state index contributed by atoms with van der Waals surface area (Å²) < 4.78 is 20.4. The van der Waals surface area contributed by atoms with E-state index in [4.69, 9.17) is 4.74 Å². The Labute approximate surface area is 205 Å². The van der Waals surface area contributed by atoms with Gasteiger partial charge in [-0.3, -0.25) is 14.6 Å². The Balaban J connectivity index is 0.00000306. The summed E-state index contributed by atoms with van der Waals surface area (Å²) >= 11 is 1.36. The number of carbonyl (C=O) groups is 1. The molecule has 1 amide bonds. The maximum Gasteiger partial charge on any atom is 0.260 e. The van der Waals surface area contributed by atoms with Crippen LogP contribution in [0.25, 0.3) is 10.2 Å². The van der Waals surface area contributed by atoms with Gasteiger partial charge in [0.2, 0.25) is 0 Å². The first-order chi connectivity index (χ1) is 15.3. The number of amides is 1. The Bertz CT molecular complexity index is 1080. The molecule has 0 atom stereocenters. The van der Waals surface area contributed by atoms with Crippen molar-refractivity contribution in [3.8, 4) is 0 Å². The fraction of sp³-hybridized carbons (Fsp3) is 0.440. The van der Waals surface area contributed by atoms with Crippen molar-refractivity contribution in [3.05, 3.63) is 59.4 Å². The van der Waals surface area contributed by atoms with Crippen LogP contribution in [0.2, 0.25) is 0 Å². The van der Waals surface area contributed by atoms with E-state index < -0.39 is 0 Å². The molecule has 0 N–H and O–H groups in total. The number of ether oxygens (including phenoxy) is 1. The first-order valence-electron chi connectivity index (χ1n) is 11.1. The van der Waals surface area contributed by atoms with Gasteiger partial charge in [0.05, 0.1) is 17.9 Å². The summed E-state index contributed by atoms with van der Waals surface area (Å²) in [4.78, 5) is 22.1. The Kier molecular flexibility index (Phi) is 8.45. The van der Waals surface area contributed by atoms with E-state index in [1.165, 1.54) is 23.0 Å². The van der Waals surface area contributed by atoms with E-state index in [1.54, 1.807) is 11.0 Å². The molecule has 8 heteroatoms. The van der Waals surface area contributed by atoms with Crippen LogP contribution in [0.4, 0.5) is 9.52 Å². The average Bonchev–Trinajstić information content (AvgIpc) is 3.22. The lowest BCUT2D eigenvalue weighted by Gasteiger charge is -2.28. The van der Waals surface area contributed by atoms with E-state index in [0.717, 1.165) is 44.0 Å². The van der Waals surface area contributed by atoms with Crippen molar-refractivity contribution in [2.45, 2.75) is 32.6 Å². The second kappa shape index (κ2) is 10.9. The van der Waals surface area contributed by atoms with Crippen molar-refractivity contribution in [1.82, 2.24) is 9.88 Å². The molecule has 3 aromatic rings. The van der Waals surface area contributed by atoms with Crippen LogP contribution in [0, 0.1) is 5.82 Å². The number of benzene rings is 2. The molecular formula is C25H31ClFN3O2S. The van der Waals surface area contributed by atoms with Crippen molar-refractivity contribution in [3.63, 3.8) is 0 Å². The summed E-state index contributed by atoms with van der Waals surface area (Å²) in [6, 6.07) is 12.7. The van der Waals surface area contributed by atoms with Gasteiger partial charge in [0, 0.05) is 31.7 Å². The summed E-state index contributed by atoms with van der Waals surface area (Å²) in [5.74, 6) is -0.466. The molecule has 33 heavy (non-hydrogen) atoms. The first-order valence-corrected chi connectivity index (χ1v) is 11.9. The maximum atomic E-state index is 14.3. The van der Waals surface area contributed by atoms with Gasteiger partial charge in [-0.25, -0.2) is 9.37 Å². The molecule has 0 bridgehead atoms. The summed E-state index contributed by atoms with van der Waals surface area (Å²) in [5.41, 5.74) is 2.13. The Morgan fingerprint density at radius 3 is 2.48 bits per heavy atom. The topological polar surface area (TPSA) is 45.7 Å². The zero-order chi connectivity index (χ0) is 22.7. The van der Waals surface area contributed by atoms with Gasteiger partial charge in [0.15, 0.2) is 5.13 Å². The molecule has 0 saturated carbocycles. The molecule has 0 aliphatic carbocycles. The highest BCUT2D eigenvalue weighted by Crippen LogP contribution is 2.31. The second-order valence-electron chi connectivity index (χ2n) is 9.17. The average molecular weight is 492 g/mol. The highest BCUT2D eigenvalue weighted by Gasteiger charge is 2.23. The highest BCUT2D eigenvalue weighted by atomic mass is 35.5. The van der Waals surface area contributed by atoms with Gasteiger partial charge in [-0.15, -0.1) is 12.4 Å². The van der Waals surface area contributed by atoms with Crippen molar-refractivity contribution in [1.29, 1.82) is 0 Å². The van der Waals surface area contributed by atoms with E-state index in [-0.39, 0.29) is 29.5 Å². The molecule has 1 aliphatic rings. The summed E-state index contributed by atoms with van der Waals surface area (Å²) in [6.07, 6.45) is 0.810. The molecule has 1 aromatic heterocycles. The number of aromatic nitrogens is 1. The van der Waals surface area contributed by atoms with Gasteiger partial charge in [0.1, 0.15) is 11.3 Å². The molecule has 1 aliphatic heterocycles. The number of carbonyl (C=O) groups excluding carboxylic acids is 1. The number of hydrogen-bond acceptors (Lipinski definition) is 5. The Morgan fingerprint density at radius 1 is 1.15 bits per heavy atom. The van der Waals surface area contributed by atoms with E-state index in [9.17, 15) is 9.18 Å². The molecule has 178 valence electrons. The number of anilines is 1. The standard InChI is InChI=1S/C25H30FN3O2S.ClH/c1-25(2,3)19-10-8-18(9-11-19)23(30)29(13-5-12-28-14-16-31-17-15-28)24-27-22-20(26)6-4-7-21(22)32-24;/h4,6-11H,5,12-17H2,1-3H3;1H. The third-order valence-electron chi connectivity index (χ3n) is 5.79. The monoisotopic (exact) mass is 491 g/mol. The number of rotatable bonds is 6. The number of fused-ring (bicyclic) bond motifs is 1. The largest absolute Gasteiger partial charge is 0.379 e. The van der Waals surface area contributed by atoms with Crippen LogP contribution in [0.15, 0.2) is 42.5 Å². The first kappa shape index (κ1) is 25.6. The predicted octanol–water partition coefficient (Wildman–Crippen LogP) is 5.52. The van der Waals surface area contributed by atoms with Crippen LogP contribution < -0.4 is 4.90 Å². The maximum absolute atomic E-state index is 14.3. The summed E-state index contributed by atoms with van der Waals surface area (Å²) in [6.45, 7) is 11.2. The van der Waals surface area contributed by atoms with Gasteiger partial charge in [-0.2, -0.15) is 0 Å². The molecule has 0 radical (unpaired) electrons. The number of hydrogen-bond donors (Lipinski definition) is 0. The third-order valence-corrected chi connectivity index (χ3v) is 6.84. The van der Waals surface area contributed by atoms with E-state index in [0.29, 0.717) is 22.8 Å². The van der Waals surface area contributed by atoms with Crippen LogP contribution in [-0.2, 0) is 10.2 Å². The molecule has 2 heterocycles. The van der Waals surface area contributed by atoms with E-state index >= 15 is 0 Å². The predicted molar refractivity (Wildman–Crippen MR) is 136 cm³/mol. The number of halogens is 2. The number of morpholine rings is 1. The lowest BCUT2D eigenvalue weighted by atomic mass is 9.86. The van der Waals surface area contributed by atoms with Gasteiger partial charge in [-0.1, -0.05) is 50.3 Å². The molecule has 4 rings (SSSR count). The Morgan fingerprint density at radius 2 is 1.85 bits per heavy atom. The zero-order valence-corrected chi connectivity index (χ0v) is 21.0. The fourth-order valence-corrected chi connectivity index (χ4v) is 4.85. The van der Waals surface area contributed by atoms with Gasteiger partial charge in [0.25, 0.3) is 5.91 Å². The van der Waals surface area contributed by atoms with E-state index in [1.807, 2.05) is 30.3 Å². The number of thiazole rings is 1. The van der Waals surface area contributed by atoms with Crippen molar-refractivity contribution < 1.29 is 13.9 Å². The van der Waals surface area contributed by atoms with Gasteiger partial charge >= 0.3 is 0 Å². The van der Waals surface area contributed by atoms with Crippen LogP contribution >= 0.6 is 23.7 Å². The van der Waals surface area contributed by atoms with Crippen LogP contribution in [0.3, 0.4) is 0 Å². The number of nitrogens with zero attached hydrogens (tertiary/aromatic N) is 3. The zero-order valence-electron chi connectivity index (χ0n) is 19.3. The molecule has 0 spiro atoms. The second-order valence-corrected chi connectivity index (χ2v) is 10.2. The molecule has 2 aromatic carbocycles. The molecule has 1 fully saturated rings. The minimum Gasteiger partial charge on any atom is -0.379 e. The minimum atomic E-state index is -0.361. The smallest absolute Gasteiger partial charge is 0.260 e. The van der Waals surface area contributed by atoms with Crippen LogP contribution in [-0.4, -0.2) is 55.2 Å². The summed E-state index contributed by atoms with van der Waals surface area (Å²) in [5, 5.41) is 0.539. The Hall–Kier alpha value is -2.06. The lowest BCUT2D eigenvalue weighted by molar-refractivity contribution is 0.0376.